The van der Waals surface area contributed by atoms with Gasteiger partial charge in [0.2, 0.25) is 0 Å². The van der Waals surface area contributed by atoms with E-state index in [-0.39, 0.29) is 28.5 Å². The second-order valence-corrected chi connectivity index (χ2v) is 6.78. The van der Waals surface area contributed by atoms with Gasteiger partial charge in [0.1, 0.15) is 0 Å². The van der Waals surface area contributed by atoms with Crippen LogP contribution in [0.15, 0.2) is 41.3 Å². The minimum Gasteiger partial charge on any atom is -0.494 e. The molecule has 6 nitrogen and oxygen atoms in total. The van der Waals surface area contributed by atoms with Gasteiger partial charge < -0.3 is 9.47 Å². The minimum atomic E-state index is -4.04. The molecule has 134 valence electrons. The summed E-state index contributed by atoms with van der Waals surface area (Å²) in [5.74, 6) is -1.39. The Kier molecular flexibility index (Phi) is 5.63. The SMILES string of the molecule is CCOC(=O)c1cccc(NS(=O)(=O)c2ccc(OC)c(F)c2)c1C. The van der Waals surface area contributed by atoms with Gasteiger partial charge in [-0.25, -0.2) is 17.6 Å². The standard InChI is InChI=1S/C17H18FNO5S/c1-4-24-17(20)13-6-5-7-15(11(13)2)19-25(21,22)12-8-9-16(23-3)14(18)10-12/h5-10,19H,4H2,1-3H3. The zero-order valence-corrected chi connectivity index (χ0v) is 14.8. The van der Waals surface area contributed by atoms with Crippen molar-refractivity contribution in [1.29, 1.82) is 0 Å². The van der Waals surface area contributed by atoms with Crippen molar-refractivity contribution in [2.45, 2.75) is 18.7 Å². The summed E-state index contributed by atoms with van der Waals surface area (Å²) < 4.78 is 50.8. The second-order valence-electron chi connectivity index (χ2n) is 5.10. The van der Waals surface area contributed by atoms with E-state index in [1.807, 2.05) is 0 Å². The number of ether oxygens (including phenoxy) is 2. The molecule has 0 unspecified atom stereocenters. The first-order valence-electron chi connectivity index (χ1n) is 7.43. The van der Waals surface area contributed by atoms with Crippen molar-refractivity contribution in [2.24, 2.45) is 0 Å². The van der Waals surface area contributed by atoms with E-state index in [1.165, 1.54) is 37.4 Å². The van der Waals surface area contributed by atoms with Gasteiger partial charge in [-0.3, -0.25) is 4.72 Å². The molecule has 0 amide bonds. The van der Waals surface area contributed by atoms with Crippen molar-refractivity contribution < 1.29 is 27.1 Å². The molecule has 0 bridgehead atoms. The molecular formula is C17H18FNO5S. The Labute approximate surface area is 145 Å². The normalized spacial score (nSPS) is 11.0. The van der Waals surface area contributed by atoms with Gasteiger partial charge >= 0.3 is 5.97 Å². The number of nitrogens with one attached hydrogen (secondary N) is 1. The van der Waals surface area contributed by atoms with Crippen LogP contribution in [-0.2, 0) is 14.8 Å². The van der Waals surface area contributed by atoms with E-state index in [9.17, 15) is 17.6 Å². The Balaban J connectivity index is 2.37. The third-order valence-corrected chi connectivity index (χ3v) is 4.87. The molecule has 0 aromatic heterocycles. The number of benzene rings is 2. The quantitative estimate of drug-likeness (QED) is 0.794. The summed E-state index contributed by atoms with van der Waals surface area (Å²) in [6, 6.07) is 7.91. The lowest BCUT2D eigenvalue weighted by Crippen LogP contribution is -2.15. The van der Waals surface area contributed by atoms with Gasteiger partial charge in [-0.15, -0.1) is 0 Å². The fourth-order valence-corrected chi connectivity index (χ4v) is 3.33. The molecule has 0 saturated heterocycles. The summed E-state index contributed by atoms with van der Waals surface area (Å²) in [6.07, 6.45) is 0. The van der Waals surface area contributed by atoms with Crippen LogP contribution in [-0.4, -0.2) is 28.1 Å². The molecule has 2 rings (SSSR count). The Hall–Kier alpha value is -2.61. The van der Waals surface area contributed by atoms with Crippen LogP contribution in [0.4, 0.5) is 10.1 Å². The van der Waals surface area contributed by atoms with Crippen LogP contribution in [0, 0.1) is 12.7 Å². The van der Waals surface area contributed by atoms with Crippen LogP contribution in [0.3, 0.4) is 0 Å². The van der Waals surface area contributed by atoms with Gasteiger partial charge in [0.25, 0.3) is 10.0 Å². The van der Waals surface area contributed by atoms with E-state index in [1.54, 1.807) is 13.8 Å². The van der Waals surface area contributed by atoms with E-state index in [0.717, 1.165) is 6.07 Å². The highest BCUT2D eigenvalue weighted by Gasteiger charge is 2.20. The molecule has 0 saturated carbocycles. The predicted octanol–water partition coefficient (Wildman–Crippen LogP) is 3.12. The number of sulfonamides is 1. The summed E-state index contributed by atoms with van der Waals surface area (Å²) in [7, 11) is -2.75. The highest BCUT2D eigenvalue weighted by Crippen LogP contribution is 2.25. The number of carbonyl (C=O) groups is 1. The summed E-state index contributed by atoms with van der Waals surface area (Å²) in [4.78, 5) is 11.6. The van der Waals surface area contributed by atoms with Gasteiger partial charge in [-0.05, 0) is 49.7 Å². The molecule has 0 aliphatic rings. The highest BCUT2D eigenvalue weighted by molar-refractivity contribution is 7.92. The molecule has 0 aliphatic heterocycles. The van der Waals surface area contributed by atoms with Crippen LogP contribution >= 0.6 is 0 Å². The zero-order chi connectivity index (χ0) is 18.6. The molecular weight excluding hydrogens is 349 g/mol. The first-order chi connectivity index (χ1) is 11.8. The molecule has 0 atom stereocenters. The molecule has 0 fully saturated rings. The van der Waals surface area contributed by atoms with Crippen molar-refractivity contribution in [2.75, 3.05) is 18.4 Å². The molecule has 25 heavy (non-hydrogen) atoms. The number of methoxy groups -OCH3 is 1. The number of rotatable bonds is 6. The van der Waals surface area contributed by atoms with E-state index >= 15 is 0 Å². The van der Waals surface area contributed by atoms with E-state index in [4.69, 9.17) is 9.47 Å². The molecule has 2 aromatic carbocycles. The van der Waals surface area contributed by atoms with Crippen molar-refractivity contribution in [3.05, 3.63) is 53.3 Å². The van der Waals surface area contributed by atoms with Gasteiger partial charge in [-0.1, -0.05) is 6.07 Å². The summed E-state index contributed by atoms with van der Waals surface area (Å²) in [5.41, 5.74) is 0.878. The van der Waals surface area contributed by atoms with Crippen molar-refractivity contribution in [3.63, 3.8) is 0 Å². The van der Waals surface area contributed by atoms with Crippen LogP contribution in [0.25, 0.3) is 0 Å². The van der Waals surface area contributed by atoms with Crippen molar-refractivity contribution in [3.8, 4) is 5.75 Å². The summed E-state index contributed by atoms with van der Waals surface area (Å²) in [5, 5.41) is 0. The Morgan fingerprint density at radius 1 is 1.24 bits per heavy atom. The number of hydrogen-bond acceptors (Lipinski definition) is 5. The Morgan fingerprint density at radius 3 is 2.56 bits per heavy atom. The van der Waals surface area contributed by atoms with Crippen LogP contribution in [0.5, 0.6) is 5.75 Å². The molecule has 8 heteroatoms. The summed E-state index contributed by atoms with van der Waals surface area (Å²) in [6.45, 7) is 3.48. The fraction of sp³-hybridized carbons (Fsp3) is 0.235. The Bertz CT molecular complexity index is 896. The molecule has 0 spiro atoms. The maximum Gasteiger partial charge on any atom is 0.338 e. The molecule has 1 N–H and O–H groups in total. The zero-order valence-electron chi connectivity index (χ0n) is 14.0. The number of halogens is 1. The largest absolute Gasteiger partial charge is 0.494 e. The molecule has 2 aromatic rings. The highest BCUT2D eigenvalue weighted by atomic mass is 32.2. The maximum atomic E-state index is 13.8. The van der Waals surface area contributed by atoms with E-state index in [0.29, 0.717) is 5.56 Å². The average Bonchev–Trinajstić information content (AvgIpc) is 2.56. The maximum absolute atomic E-state index is 13.8. The lowest BCUT2D eigenvalue weighted by molar-refractivity contribution is 0.0525. The number of esters is 1. The van der Waals surface area contributed by atoms with E-state index < -0.39 is 21.8 Å². The number of hydrogen-bond donors (Lipinski definition) is 1. The molecule has 0 radical (unpaired) electrons. The van der Waals surface area contributed by atoms with Gasteiger partial charge in [-0.2, -0.15) is 0 Å². The topological polar surface area (TPSA) is 81.7 Å². The third kappa shape index (κ3) is 4.08. The lowest BCUT2D eigenvalue weighted by Gasteiger charge is -2.13. The van der Waals surface area contributed by atoms with Crippen molar-refractivity contribution >= 4 is 21.7 Å². The number of carbonyl (C=O) groups excluding carboxylic acids is 1. The van der Waals surface area contributed by atoms with Crippen LogP contribution in [0.2, 0.25) is 0 Å². The minimum absolute atomic E-state index is 0.0561. The van der Waals surface area contributed by atoms with Crippen LogP contribution in [0.1, 0.15) is 22.8 Å². The van der Waals surface area contributed by atoms with E-state index in [2.05, 4.69) is 4.72 Å². The lowest BCUT2D eigenvalue weighted by atomic mass is 10.1. The first-order valence-corrected chi connectivity index (χ1v) is 8.91. The predicted molar refractivity (Wildman–Crippen MR) is 90.9 cm³/mol. The number of anilines is 1. The fourth-order valence-electron chi connectivity index (χ4n) is 2.19. The average molecular weight is 367 g/mol. The van der Waals surface area contributed by atoms with Gasteiger partial charge in [0.05, 0.1) is 29.9 Å². The summed E-state index contributed by atoms with van der Waals surface area (Å²) >= 11 is 0. The molecule has 0 heterocycles. The monoisotopic (exact) mass is 367 g/mol. The third-order valence-electron chi connectivity index (χ3n) is 3.51. The van der Waals surface area contributed by atoms with Crippen LogP contribution < -0.4 is 9.46 Å². The Morgan fingerprint density at radius 2 is 1.96 bits per heavy atom. The smallest absolute Gasteiger partial charge is 0.338 e. The van der Waals surface area contributed by atoms with Crippen molar-refractivity contribution in [1.82, 2.24) is 0 Å². The first kappa shape index (κ1) is 18.7. The molecule has 0 aliphatic carbocycles. The van der Waals surface area contributed by atoms with Gasteiger partial charge in [0.15, 0.2) is 11.6 Å². The second kappa shape index (κ2) is 7.52. The van der Waals surface area contributed by atoms with Gasteiger partial charge in [0, 0.05) is 0 Å².